The Morgan fingerprint density at radius 3 is 2.55 bits per heavy atom. The molecule has 1 N–H and O–H groups in total. The van der Waals surface area contributed by atoms with E-state index in [4.69, 9.17) is 9.47 Å². The summed E-state index contributed by atoms with van der Waals surface area (Å²) in [5.74, 6) is -1.73. The van der Waals surface area contributed by atoms with E-state index in [0.29, 0.717) is 26.3 Å². The number of imide groups is 1. The first-order valence-electron chi connectivity index (χ1n) is 6.31. The van der Waals surface area contributed by atoms with Crippen LogP contribution >= 0.6 is 0 Å². The van der Waals surface area contributed by atoms with Crippen molar-refractivity contribution < 1.29 is 28.3 Å². The van der Waals surface area contributed by atoms with Gasteiger partial charge in [0.2, 0.25) is 11.6 Å². The summed E-state index contributed by atoms with van der Waals surface area (Å²) in [6.07, 6.45) is 0.402. The van der Waals surface area contributed by atoms with E-state index in [-0.39, 0.29) is 16.6 Å². The first-order valence-corrected chi connectivity index (χ1v) is 6.31. The standard InChI is InChI=1S/C13H16N2O5/c1-3-15(4-6-19-7-5-15)9(2)13(18)20-10-8-11(16)14-12(10)17/h3,10H,1-2,4-8H2/p+1. The van der Waals surface area contributed by atoms with Crippen LogP contribution in [0.3, 0.4) is 0 Å². The second kappa shape index (κ2) is 5.56. The Hall–Kier alpha value is -1.99. The molecule has 1 atom stereocenters. The fraction of sp³-hybridized carbons (Fsp3) is 0.462. The minimum Gasteiger partial charge on any atom is -0.444 e. The number of carbonyl (C=O) groups excluding carboxylic acids is 3. The molecule has 0 aromatic heterocycles. The van der Waals surface area contributed by atoms with Gasteiger partial charge in [-0.3, -0.25) is 19.4 Å². The number of nitrogens with zero attached hydrogens (tertiary/aromatic N) is 1. The fourth-order valence-electron chi connectivity index (χ4n) is 2.24. The number of amides is 2. The molecule has 2 saturated heterocycles. The third kappa shape index (κ3) is 2.63. The Morgan fingerprint density at radius 2 is 2.05 bits per heavy atom. The van der Waals surface area contributed by atoms with E-state index in [1.807, 2.05) is 0 Å². The van der Waals surface area contributed by atoms with Gasteiger partial charge in [-0.1, -0.05) is 0 Å². The van der Waals surface area contributed by atoms with E-state index < -0.39 is 23.9 Å². The molecule has 0 saturated carbocycles. The predicted octanol–water partition coefficient (Wildman–Crippen LogP) is -0.551. The Labute approximate surface area is 116 Å². The second-order valence-electron chi connectivity index (χ2n) is 4.73. The molecule has 2 fully saturated rings. The summed E-state index contributed by atoms with van der Waals surface area (Å²) in [5.41, 5.74) is 0.190. The molecule has 20 heavy (non-hydrogen) atoms. The van der Waals surface area contributed by atoms with E-state index in [1.54, 1.807) is 6.20 Å². The van der Waals surface area contributed by atoms with Crippen molar-refractivity contribution in [3.8, 4) is 0 Å². The average molecular weight is 281 g/mol. The van der Waals surface area contributed by atoms with E-state index >= 15 is 0 Å². The topological polar surface area (TPSA) is 81.7 Å². The monoisotopic (exact) mass is 281 g/mol. The lowest BCUT2D eigenvalue weighted by molar-refractivity contribution is -0.846. The zero-order valence-electron chi connectivity index (χ0n) is 11.1. The molecule has 7 heteroatoms. The molecular formula is C13H17N2O5+. The van der Waals surface area contributed by atoms with Gasteiger partial charge in [0.1, 0.15) is 13.1 Å². The molecule has 2 rings (SSSR count). The van der Waals surface area contributed by atoms with Crippen molar-refractivity contribution in [3.05, 3.63) is 25.1 Å². The molecule has 0 aromatic carbocycles. The Kier molecular flexibility index (Phi) is 4.01. The smallest absolute Gasteiger partial charge is 0.393 e. The molecule has 2 aliphatic rings. The van der Waals surface area contributed by atoms with Crippen LogP contribution in [0.2, 0.25) is 0 Å². The quantitative estimate of drug-likeness (QED) is 0.323. The van der Waals surface area contributed by atoms with Crippen molar-refractivity contribution in [1.82, 2.24) is 5.32 Å². The summed E-state index contributed by atoms with van der Waals surface area (Å²) in [7, 11) is 0. The molecule has 0 radical (unpaired) electrons. The van der Waals surface area contributed by atoms with Crippen LogP contribution in [0.4, 0.5) is 0 Å². The summed E-state index contributed by atoms with van der Waals surface area (Å²) >= 11 is 0. The first kappa shape index (κ1) is 14.4. The largest absolute Gasteiger partial charge is 0.444 e. The summed E-state index contributed by atoms with van der Waals surface area (Å²) < 4.78 is 10.5. The van der Waals surface area contributed by atoms with Gasteiger partial charge < -0.3 is 9.47 Å². The van der Waals surface area contributed by atoms with Gasteiger partial charge in [-0.15, -0.1) is 0 Å². The normalized spacial score (nSPS) is 24.9. The molecule has 1 unspecified atom stereocenters. The number of rotatable bonds is 4. The third-order valence-corrected chi connectivity index (χ3v) is 3.57. The maximum absolute atomic E-state index is 12.1. The van der Waals surface area contributed by atoms with Crippen molar-refractivity contribution in [1.29, 1.82) is 0 Å². The van der Waals surface area contributed by atoms with Gasteiger partial charge in [0.05, 0.1) is 25.8 Å². The van der Waals surface area contributed by atoms with Crippen LogP contribution in [-0.4, -0.2) is 54.7 Å². The highest BCUT2D eigenvalue weighted by atomic mass is 16.6. The van der Waals surface area contributed by atoms with E-state index in [0.717, 1.165) is 0 Å². The van der Waals surface area contributed by atoms with Crippen molar-refractivity contribution >= 4 is 17.8 Å². The van der Waals surface area contributed by atoms with Gasteiger partial charge in [0.25, 0.3) is 5.91 Å². The molecule has 0 aromatic rings. The van der Waals surface area contributed by atoms with E-state index in [9.17, 15) is 14.4 Å². The van der Waals surface area contributed by atoms with Crippen LogP contribution in [-0.2, 0) is 23.9 Å². The third-order valence-electron chi connectivity index (χ3n) is 3.57. The molecular weight excluding hydrogens is 264 g/mol. The first-order chi connectivity index (χ1) is 9.48. The second-order valence-corrected chi connectivity index (χ2v) is 4.73. The maximum atomic E-state index is 12.1. The van der Waals surface area contributed by atoms with Crippen molar-refractivity contribution in [2.45, 2.75) is 12.5 Å². The van der Waals surface area contributed by atoms with Crippen LogP contribution in [0.5, 0.6) is 0 Å². The van der Waals surface area contributed by atoms with Gasteiger partial charge in [0.15, 0.2) is 6.10 Å². The molecule has 0 bridgehead atoms. The van der Waals surface area contributed by atoms with Crippen LogP contribution in [0.1, 0.15) is 6.42 Å². The Balaban J connectivity index is 2.04. The van der Waals surface area contributed by atoms with Gasteiger partial charge in [-0.2, -0.15) is 0 Å². The molecule has 0 spiro atoms. The SMILES string of the molecule is C=C[N+]1(C(=C)C(=O)OC2CC(=O)NC2=O)CCOCC1. The van der Waals surface area contributed by atoms with Crippen molar-refractivity contribution in [3.63, 3.8) is 0 Å². The number of carbonyl (C=O) groups is 3. The van der Waals surface area contributed by atoms with Crippen molar-refractivity contribution in [2.24, 2.45) is 0 Å². The lowest BCUT2D eigenvalue weighted by Gasteiger charge is -2.37. The van der Waals surface area contributed by atoms with E-state index in [1.165, 1.54) is 0 Å². The molecule has 7 nitrogen and oxygen atoms in total. The zero-order chi connectivity index (χ0) is 14.8. The lowest BCUT2D eigenvalue weighted by Crippen LogP contribution is -2.52. The van der Waals surface area contributed by atoms with Gasteiger partial charge in [-0.05, 0) is 13.2 Å². The number of morpholine rings is 1. The van der Waals surface area contributed by atoms with Crippen LogP contribution in [0.25, 0.3) is 0 Å². The number of nitrogens with one attached hydrogen (secondary N) is 1. The summed E-state index contributed by atoms with van der Waals surface area (Å²) in [4.78, 5) is 34.5. The maximum Gasteiger partial charge on any atom is 0.393 e. The molecule has 2 aliphatic heterocycles. The van der Waals surface area contributed by atoms with Gasteiger partial charge in [0, 0.05) is 0 Å². The van der Waals surface area contributed by atoms with Crippen LogP contribution in [0, 0.1) is 0 Å². The molecule has 108 valence electrons. The average Bonchev–Trinajstić information content (AvgIpc) is 2.76. The highest BCUT2D eigenvalue weighted by molar-refractivity contribution is 6.06. The number of hydrogen-bond acceptors (Lipinski definition) is 5. The van der Waals surface area contributed by atoms with Crippen LogP contribution in [0.15, 0.2) is 25.1 Å². The number of quaternary nitrogens is 1. The minimum atomic E-state index is -1.07. The predicted molar refractivity (Wildman–Crippen MR) is 67.8 cm³/mol. The van der Waals surface area contributed by atoms with Gasteiger partial charge >= 0.3 is 5.97 Å². The van der Waals surface area contributed by atoms with E-state index in [2.05, 4.69) is 18.5 Å². The number of hydrogen-bond donors (Lipinski definition) is 1. The van der Waals surface area contributed by atoms with Crippen molar-refractivity contribution in [2.75, 3.05) is 26.3 Å². The number of esters is 1. The Morgan fingerprint density at radius 1 is 1.40 bits per heavy atom. The highest BCUT2D eigenvalue weighted by Gasteiger charge is 2.40. The van der Waals surface area contributed by atoms with Crippen LogP contribution < -0.4 is 5.32 Å². The summed E-state index contributed by atoms with van der Waals surface area (Å²) in [6, 6.07) is 0. The summed E-state index contributed by atoms with van der Waals surface area (Å²) in [5, 5.41) is 2.08. The van der Waals surface area contributed by atoms with Gasteiger partial charge in [-0.25, -0.2) is 4.79 Å². The zero-order valence-corrected chi connectivity index (χ0v) is 11.1. The fourth-order valence-corrected chi connectivity index (χ4v) is 2.24. The number of ether oxygens (including phenoxy) is 2. The lowest BCUT2D eigenvalue weighted by atomic mass is 10.2. The molecule has 2 amide bonds. The molecule has 2 heterocycles. The summed E-state index contributed by atoms with van der Waals surface area (Å²) in [6.45, 7) is 9.54. The highest BCUT2D eigenvalue weighted by Crippen LogP contribution is 2.22. The Bertz CT molecular complexity index is 479. The molecule has 0 aliphatic carbocycles. The minimum absolute atomic E-state index is 0.144.